The summed E-state index contributed by atoms with van der Waals surface area (Å²) in [5, 5.41) is 40.4. The second-order valence-corrected chi connectivity index (χ2v) is 8.38. The van der Waals surface area contributed by atoms with Crippen LogP contribution < -0.4 is 0 Å². The van der Waals surface area contributed by atoms with Gasteiger partial charge in [-0.15, -0.1) is 0 Å². The van der Waals surface area contributed by atoms with Gasteiger partial charge in [0, 0.05) is 10.8 Å². The van der Waals surface area contributed by atoms with E-state index in [1.54, 1.807) is 0 Å². The van der Waals surface area contributed by atoms with Crippen LogP contribution >= 0.6 is 0 Å². The maximum atomic E-state index is 12.6. The summed E-state index contributed by atoms with van der Waals surface area (Å²) in [5.41, 5.74) is -0.123. The summed E-state index contributed by atoms with van der Waals surface area (Å²) in [6.45, 7) is 7.28. The number of hydrogen-bond acceptors (Lipinski definition) is 4. The summed E-state index contributed by atoms with van der Waals surface area (Å²) in [5.74, 6) is -5.58. The van der Waals surface area contributed by atoms with Gasteiger partial charge in [0.1, 0.15) is 0 Å². The van der Waals surface area contributed by atoms with E-state index in [4.69, 9.17) is 0 Å². The standard InChI is InChI=1S/C26H32O8/c1-5-9-13-14(10-6-2)18(24(29)30)22-20(26(33)34)16(12-8-4)15(11-7-3)19(25(31)32)21(22)17(13)23(27)28/h5-12H2,1-4H3,(H,27,28)(H,29,30)(H,31,32)(H,33,34). The molecule has 0 aromatic heterocycles. The minimum Gasteiger partial charge on any atom is -0.478 e. The smallest absolute Gasteiger partial charge is 0.336 e. The SMILES string of the molecule is CCCc1c(CCC)c(C(=O)O)c2c(C(=O)O)c(CCC)c(CCC)c(C(=O)O)c2c1C(=O)O. The van der Waals surface area contributed by atoms with Gasteiger partial charge in [-0.1, -0.05) is 53.4 Å². The molecule has 0 spiro atoms. The number of hydrogen-bond donors (Lipinski definition) is 4. The lowest BCUT2D eigenvalue weighted by atomic mass is 9.77. The summed E-state index contributed by atoms with van der Waals surface area (Å²) in [6, 6.07) is 0. The van der Waals surface area contributed by atoms with Crippen LogP contribution in [-0.2, 0) is 25.7 Å². The number of fused-ring (bicyclic) bond motifs is 1. The van der Waals surface area contributed by atoms with Crippen molar-refractivity contribution in [1.82, 2.24) is 0 Å². The largest absolute Gasteiger partial charge is 0.478 e. The minimum absolute atomic E-state index is 0.231. The Morgan fingerprint density at radius 3 is 0.735 bits per heavy atom. The normalized spacial score (nSPS) is 11.1. The summed E-state index contributed by atoms with van der Waals surface area (Å²) in [7, 11) is 0. The molecule has 2 aromatic rings. The van der Waals surface area contributed by atoms with Gasteiger partial charge in [-0.25, -0.2) is 19.2 Å². The van der Waals surface area contributed by atoms with Gasteiger partial charge in [0.2, 0.25) is 0 Å². The second kappa shape index (κ2) is 11.1. The number of aromatic carboxylic acids is 4. The Morgan fingerprint density at radius 1 is 0.441 bits per heavy atom. The van der Waals surface area contributed by atoms with Crippen LogP contribution in [0.15, 0.2) is 0 Å². The maximum absolute atomic E-state index is 12.6. The highest BCUT2D eigenvalue weighted by Gasteiger charge is 2.35. The molecule has 0 bridgehead atoms. The fourth-order valence-electron chi connectivity index (χ4n) is 5.00. The van der Waals surface area contributed by atoms with Crippen LogP contribution in [0.2, 0.25) is 0 Å². The van der Waals surface area contributed by atoms with Crippen LogP contribution in [0.5, 0.6) is 0 Å². The van der Waals surface area contributed by atoms with Crippen LogP contribution in [0, 0.1) is 0 Å². The lowest BCUT2D eigenvalue weighted by Gasteiger charge is -2.25. The van der Waals surface area contributed by atoms with Crippen LogP contribution in [-0.4, -0.2) is 44.3 Å². The zero-order valence-corrected chi connectivity index (χ0v) is 20.1. The number of carboxylic acid groups (broad SMARTS) is 4. The van der Waals surface area contributed by atoms with Gasteiger partial charge in [0.05, 0.1) is 22.3 Å². The molecule has 0 unspecified atom stereocenters. The number of rotatable bonds is 12. The highest BCUT2D eigenvalue weighted by atomic mass is 16.4. The summed E-state index contributed by atoms with van der Waals surface area (Å²) < 4.78 is 0. The van der Waals surface area contributed by atoms with Crippen molar-refractivity contribution in [2.75, 3.05) is 0 Å². The molecule has 4 N–H and O–H groups in total. The molecule has 0 saturated heterocycles. The quantitative estimate of drug-likeness (QED) is 0.319. The third-order valence-electron chi connectivity index (χ3n) is 6.04. The molecule has 0 heterocycles. The second-order valence-electron chi connectivity index (χ2n) is 8.38. The van der Waals surface area contributed by atoms with Gasteiger partial charge in [0.25, 0.3) is 0 Å². The Balaban J connectivity index is 3.56. The molecule has 0 aliphatic heterocycles. The lowest BCUT2D eigenvalue weighted by molar-refractivity contribution is 0.0673. The Kier molecular flexibility index (Phi) is 8.79. The fraction of sp³-hybridized carbons (Fsp3) is 0.462. The molecule has 0 radical (unpaired) electrons. The fourth-order valence-corrected chi connectivity index (χ4v) is 5.00. The lowest BCUT2D eigenvalue weighted by Crippen LogP contribution is -2.21. The summed E-state index contributed by atoms with van der Waals surface area (Å²) in [6.07, 6.45) is 2.94. The van der Waals surface area contributed by atoms with E-state index < -0.39 is 23.9 Å². The topological polar surface area (TPSA) is 149 Å². The van der Waals surface area contributed by atoms with Crippen LogP contribution in [0.4, 0.5) is 0 Å². The van der Waals surface area contributed by atoms with E-state index in [0.717, 1.165) is 0 Å². The van der Waals surface area contributed by atoms with E-state index >= 15 is 0 Å². The first-order valence-electron chi connectivity index (χ1n) is 11.7. The van der Waals surface area contributed by atoms with E-state index in [9.17, 15) is 39.6 Å². The Hall–Kier alpha value is -3.42. The molecule has 184 valence electrons. The molecule has 8 nitrogen and oxygen atoms in total. The van der Waals surface area contributed by atoms with Crippen molar-refractivity contribution in [2.45, 2.75) is 79.1 Å². The molecule has 0 aliphatic carbocycles. The van der Waals surface area contributed by atoms with E-state index in [-0.39, 0.29) is 81.0 Å². The van der Waals surface area contributed by atoms with E-state index in [0.29, 0.717) is 25.7 Å². The zero-order valence-electron chi connectivity index (χ0n) is 20.1. The first kappa shape index (κ1) is 26.8. The molecule has 0 atom stereocenters. The van der Waals surface area contributed by atoms with Crippen LogP contribution in [0.3, 0.4) is 0 Å². The zero-order chi connectivity index (χ0) is 25.7. The predicted octanol–water partition coefficient (Wildman–Crippen LogP) is 5.44. The maximum Gasteiger partial charge on any atom is 0.336 e. The van der Waals surface area contributed by atoms with Gasteiger partial charge in [-0.2, -0.15) is 0 Å². The molecule has 0 fully saturated rings. The van der Waals surface area contributed by atoms with Crippen LogP contribution in [0.1, 0.15) is 117 Å². The first-order valence-corrected chi connectivity index (χ1v) is 11.7. The van der Waals surface area contributed by atoms with Gasteiger partial charge in [0.15, 0.2) is 0 Å². The number of carboxylic acids is 4. The molecule has 34 heavy (non-hydrogen) atoms. The van der Waals surface area contributed by atoms with Crippen LogP contribution in [0.25, 0.3) is 10.8 Å². The Morgan fingerprint density at radius 2 is 0.618 bits per heavy atom. The predicted molar refractivity (Wildman–Crippen MR) is 128 cm³/mol. The van der Waals surface area contributed by atoms with Crippen molar-refractivity contribution in [3.63, 3.8) is 0 Å². The molecular formula is C26H32O8. The Bertz CT molecular complexity index is 983. The molecule has 8 heteroatoms. The number of carbonyl (C=O) groups is 4. The van der Waals surface area contributed by atoms with Gasteiger partial charge >= 0.3 is 23.9 Å². The van der Waals surface area contributed by atoms with E-state index in [1.165, 1.54) is 0 Å². The molecule has 0 amide bonds. The van der Waals surface area contributed by atoms with Crippen molar-refractivity contribution in [1.29, 1.82) is 0 Å². The first-order chi connectivity index (χ1) is 16.1. The monoisotopic (exact) mass is 472 g/mol. The average molecular weight is 473 g/mol. The van der Waals surface area contributed by atoms with Crippen molar-refractivity contribution >= 4 is 34.6 Å². The third kappa shape index (κ3) is 4.62. The van der Waals surface area contributed by atoms with Crippen molar-refractivity contribution in [3.05, 3.63) is 44.5 Å². The summed E-state index contributed by atoms with van der Waals surface area (Å²) in [4.78, 5) is 50.4. The molecular weight excluding hydrogens is 440 g/mol. The van der Waals surface area contributed by atoms with Crippen molar-refractivity contribution in [3.8, 4) is 0 Å². The average Bonchev–Trinajstić information content (AvgIpc) is 2.74. The number of benzene rings is 2. The molecule has 0 saturated carbocycles. The molecule has 2 aromatic carbocycles. The van der Waals surface area contributed by atoms with E-state index in [2.05, 4.69) is 0 Å². The highest BCUT2D eigenvalue weighted by molar-refractivity contribution is 6.24. The van der Waals surface area contributed by atoms with Crippen molar-refractivity contribution in [2.24, 2.45) is 0 Å². The van der Waals surface area contributed by atoms with Gasteiger partial charge in [-0.05, 0) is 47.9 Å². The van der Waals surface area contributed by atoms with Gasteiger partial charge in [-0.3, -0.25) is 0 Å². The Labute approximate surface area is 198 Å². The van der Waals surface area contributed by atoms with E-state index in [1.807, 2.05) is 27.7 Å². The highest BCUT2D eigenvalue weighted by Crippen LogP contribution is 2.41. The molecule has 2 rings (SSSR count). The minimum atomic E-state index is -1.40. The molecule has 0 aliphatic rings. The third-order valence-corrected chi connectivity index (χ3v) is 6.04. The van der Waals surface area contributed by atoms with Crippen molar-refractivity contribution < 1.29 is 39.6 Å². The summed E-state index contributed by atoms with van der Waals surface area (Å²) >= 11 is 0. The van der Waals surface area contributed by atoms with Gasteiger partial charge < -0.3 is 20.4 Å².